The van der Waals surface area contributed by atoms with Crippen LogP contribution >= 0.6 is 24.0 Å². The van der Waals surface area contributed by atoms with Crippen molar-refractivity contribution in [1.82, 2.24) is 15.1 Å². The van der Waals surface area contributed by atoms with Crippen molar-refractivity contribution >= 4 is 29.9 Å². The Balaban J connectivity index is 0.00000320. The molecule has 2 heterocycles. The van der Waals surface area contributed by atoms with Gasteiger partial charge in [-0.2, -0.15) is 0 Å². The number of halogens is 1. The fraction of sp³-hybridized carbons (Fsp3) is 0.667. The van der Waals surface area contributed by atoms with E-state index in [1.54, 1.807) is 21.3 Å². The van der Waals surface area contributed by atoms with E-state index in [4.69, 9.17) is 18.9 Å². The highest BCUT2D eigenvalue weighted by molar-refractivity contribution is 14.0. The molecule has 0 bridgehead atoms. The van der Waals surface area contributed by atoms with Crippen molar-refractivity contribution in [2.75, 3.05) is 74.3 Å². The van der Waals surface area contributed by atoms with Crippen LogP contribution in [0.3, 0.4) is 0 Å². The average Bonchev–Trinajstić information content (AvgIpc) is 3.27. The third kappa shape index (κ3) is 6.04. The van der Waals surface area contributed by atoms with E-state index in [0.717, 1.165) is 81.1 Å². The van der Waals surface area contributed by atoms with E-state index >= 15 is 0 Å². The molecule has 2 saturated heterocycles. The standard InChI is InChI=1S/C21H34N4O4.HI/c1-22-21(25-8-6-16(15-25)24-9-11-29-12-10-24)23-7-5-18-19(27-3)13-17(26-2)14-20(18)28-4;/h13-14,16H,5-12,15H2,1-4H3,(H,22,23);1H. The van der Waals surface area contributed by atoms with Crippen molar-refractivity contribution in [3.8, 4) is 17.2 Å². The van der Waals surface area contributed by atoms with Gasteiger partial charge >= 0.3 is 0 Å². The molecule has 0 aromatic heterocycles. The molecule has 1 aromatic rings. The van der Waals surface area contributed by atoms with E-state index in [-0.39, 0.29) is 24.0 Å². The highest BCUT2D eigenvalue weighted by atomic mass is 127. The quantitative estimate of drug-likeness (QED) is 0.326. The lowest BCUT2D eigenvalue weighted by Crippen LogP contribution is -2.46. The number of hydrogen-bond acceptors (Lipinski definition) is 6. The number of methoxy groups -OCH3 is 3. The first-order chi connectivity index (χ1) is 14.2. The second-order valence-corrected chi connectivity index (χ2v) is 7.27. The summed E-state index contributed by atoms with van der Waals surface area (Å²) in [6, 6.07) is 4.36. The van der Waals surface area contributed by atoms with Crippen LogP contribution in [0.25, 0.3) is 0 Å². The van der Waals surface area contributed by atoms with Crippen LogP contribution in [0.4, 0.5) is 0 Å². The molecule has 0 amide bonds. The van der Waals surface area contributed by atoms with Crippen LogP contribution in [0.15, 0.2) is 17.1 Å². The SMILES string of the molecule is CN=C(NCCc1c(OC)cc(OC)cc1OC)N1CCC(N2CCOCC2)C1.I. The fourth-order valence-electron chi connectivity index (χ4n) is 4.13. The average molecular weight is 534 g/mol. The summed E-state index contributed by atoms with van der Waals surface area (Å²) in [6.07, 6.45) is 1.93. The number of likely N-dealkylation sites (tertiary alicyclic amines) is 1. The number of morpholine rings is 1. The van der Waals surface area contributed by atoms with E-state index in [2.05, 4.69) is 20.1 Å². The molecular weight excluding hydrogens is 499 g/mol. The van der Waals surface area contributed by atoms with Crippen molar-refractivity contribution < 1.29 is 18.9 Å². The molecule has 1 unspecified atom stereocenters. The van der Waals surface area contributed by atoms with E-state index in [0.29, 0.717) is 6.04 Å². The molecule has 0 radical (unpaired) electrons. The Labute approximate surface area is 196 Å². The maximum absolute atomic E-state index is 5.55. The molecule has 30 heavy (non-hydrogen) atoms. The number of hydrogen-bond donors (Lipinski definition) is 1. The van der Waals surface area contributed by atoms with Crippen LogP contribution in [0.2, 0.25) is 0 Å². The summed E-state index contributed by atoms with van der Waals surface area (Å²) in [4.78, 5) is 9.39. The molecule has 170 valence electrons. The van der Waals surface area contributed by atoms with Crippen LogP contribution < -0.4 is 19.5 Å². The number of ether oxygens (including phenoxy) is 4. The molecular formula is C21H35IN4O4. The van der Waals surface area contributed by atoms with Crippen LogP contribution in [-0.4, -0.2) is 96.1 Å². The summed E-state index contributed by atoms with van der Waals surface area (Å²) in [5, 5.41) is 3.50. The first-order valence-corrected chi connectivity index (χ1v) is 10.3. The van der Waals surface area contributed by atoms with Gasteiger partial charge in [-0.05, 0) is 12.8 Å². The van der Waals surface area contributed by atoms with Crippen LogP contribution in [0.5, 0.6) is 17.2 Å². The van der Waals surface area contributed by atoms with Gasteiger partial charge in [0.05, 0.1) is 34.5 Å². The van der Waals surface area contributed by atoms with Crippen molar-refractivity contribution in [2.24, 2.45) is 4.99 Å². The zero-order chi connectivity index (χ0) is 20.6. The zero-order valence-corrected chi connectivity index (χ0v) is 20.8. The summed E-state index contributed by atoms with van der Waals surface area (Å²) in [5.74, 6) is 3.21. The fourth-order valence-corrected chi connectivity index (χ4v) is 4.13. The number of benzene rings is 1. The maximum Gasteiger partial charge on any atom is 0.193 e. The predicted molar refractivity (Wildman–Crippen MR) is 129 cm³/mol. The monoisotopic (exact) mass is 534 g/mol. The predicted octanol–water partition coefficient (Wildman–Crippen LogP) is 1.85. The largest absolute Gasteiger partial charge is 0.496 e. The Morgan fingerprint density at radius 1 is 1.10 bits per heavy atom. The first-order valence-electron chi connectivity index (χ1n) is 10.3. The lowest BCUT2D eigenvalue weighted by Gasteiger charge is -2.32. The Morgan fingerprint density at radius 2 is 1.77 bits per heavy atom. The molecule has 3 rings (SSSR count). The van der Waals surface area contributed by atoms with Crippen LogP contribution in [0, 0.1) is 0 Å². The third-order valence-electron chi connectivity index (χ3n) is 5.71. The number of aliphatic imine (C=N–C) groups is 1. The van der Waals surface area contributed by atoms with Gasteiger partial charge in [-0.25, -0.2) is 0 Å². The lowest BCUT2D eigenvalue weighted by atomic mass is 10.1. The van der Waals surface area contributed by atoms with Crippen molar-refractivity contribution in [1.29, 1.82) is 0 Å². The van der Waals surface area contributed by atoms with Crippen LogP contribution in [0.1, 0.15) is 12.0 Å². The van der Waals surface area contributed by atoms with Gasteiger partial charge in [0.1, 0.15) is 17.2 Å². The van der Waals surface area contributed by atoms with E-state index < -0.39 is 0 Å². The number of nitrogens with zero attached hydrogens (tertiary/aromatic N) is 3. The Bertz CT molecular complexity index is 673. The van der Waals surface area contributed by atoms with E-state index in [9.17, 15) is 0 Å². The minimum Gasteiger partial charge on any atom is -0.496 e. The Kier molecular flexibility index (Phi) is 10.3. The topological polar surface area (TPSA) is 67.8 Å². The summed E-state index contributed by atoms with van der Waals surface area (Å²) in [5.41, 5.74) is 1.02. The molecule has 9 heteroatoms. The molecule has 0 spiro atoms. The van der Waals surface area contributed by atoms with Crippen molar-refractivity contribution in [3.63, 3.8) is 0 Å². The first kappa shape index (κ1) is 24.8. The van der Waals surface area contributed by atoms with Crippen molar-refractivity contribution in [3.05, 3.63) is 17.7 Å². The molecule has 0 aliphatic carbocycles. The van der Waals surface area contributed by atoms with Crippen molar-refractivity contribution in [2.45, 2.75) is 18.9 Å². The van der Waals surface area contributed by atoms with Gasteiger partial charge < -0.3 is 29.2 Å². The highest BCUT2D eigenvalue weighted by Gasteiger charge is 2.30. The second kappa shape index (κ2) is 12.4. The minimum absolute atomic E-state index is 0. The molecule has 2 fully saturated rings. The summed E-state index contributed by atoms with van der Waals surface area (Å²) in [7, 11) is 6.82. The number of nitrogens with one attached hydrogen (secondary N) is 1. The molecule has 1 N–H and O–H groups in total. The summed E-state index contributed by atoms with van der Waals surface area (Å²) < 4.78 is 21.9. The summed E-state index contributed by atoms with van der Waals surface area (Å²) >= 11 is 0. The molecule has 8 nitrogen and oxygen atoms in total. The van der Waals surface area contributed by atoms with E-state index in [1.807, 2.05) is 19.2 Å². The molecule has 1 aromatic carbocycles. The lowest BCUT2D eigenvalue weighted by molar-refractivity contribution is 0.0195. The Hall–Kier alpha value is -1.46. The van der Waals surface area contributed by atoms with Gasteiger partial charge in [-0.15, -0.1) is 24.0 Å². The zero-order valence-electron chi connectivity index (χ0n) is 18.5. The molecule has 0 saturated carbocycles. The second-order valence-electron chi connectivity index (χ2n) is 7.27. The molecule has 2 aliphatic rings. The normalized spacial score (nSPS) is 19.9. The van der Waals surface area contributed by atoms with Gasteiger partial charge in [0, 0.05) is 63.5 Å². The van der Waals surface area contributed by atoms with Gasteiger partial charge in [-0.1, -0.05) is 0 Å². The maximum atomic E-state index is 5.55. The van der Waals surface area contributed by atoms with Crippen LogP contribution in [-0.2, 0) is 11.2 Å². The molecule has 1 atom stereocenters. The van der Waals surface area contributed by atoms with E-state index in [1.165, 1.54) is 6.42 Å². The van der Waals surface area contributed by atoms with Gasteiger partial charge in [0.15, 0.2) is 5.96 Å². The smallest absolute Gasteiger partial charge is 0.193 e. The highest BCUT2D eigenvalue weighted by Crippen LogP contribution is 2.34. The minimum atomic E-state index is 0. The number of rotatable bonds is 7. The number of guanidine groups is 1. The Morgan fingerprint density at radius 3 is 2.33 bits per heavy atom. The third-order valence-corrected chi connectivity index (χ3v) is 5.71. The molecule has 2 aliphatic heterocycles. The summed E-state index contributed by atoms with van der Waals surface area (Å²) in [6.45, 7) is 6.52. The van der Waals surface area contributed by atoms with Gasteiger partial charge in [0.2, 0.25) is 0 Å². The van der Waals surface area contributed by atoms with Gasteiger partial charge in [-0.3, -0.25) is 9.89 Å². The van der Waals surface area contributed by atoms with Gasteiger partial charge in [0.25, 0.3) is 0 Å².